The lowest BCUT2D eigenvalue weighted by Crippen LogP contribution is -2.03. The minimum Gasteiger partial charge on any atom is -0.306 e. The number of halogens is 1. The highest BCUT2D eigenvalue weighted by Gasteiger charge is 2.12. The zero-order valence-corrected chi connectivity index (χ0v) is 12.3. The van der Waals surface area contributed by atoms with Crippen molar-refractivity contribution in [1.29, 1.82) is 0 Å². The third-order valence-electron chi connectivity index (χ3n) is 2.91. The Kier molecular flexibility index (Phi) is 3.24. The quantitative estimate of drug-likeness (QED) is 0.696. The number of alkyl halides is 1. The Balaban J connectivity index is 2.12. The molecular weight excluding hydrogens is 280 g/mol. The summed E-state index contributed by atoms with van der Waals surface area (Å²) in [6.07, 6.45) is 1.90. The summed E-state index contributed by atoms with van der Waals surface area (Å²) in [6.45, 7) is 4.71. The lowest BCUT2D eigenvalue weighted by Gasteiger charge is -2.05. The van der Waals surface area contributed by atoms with Gasteiger partial charge in [0.05, 0.1) is 17.4 Å². The van der Waals surface area contributed by atoms with Crippen LogP contribution < -0.4 is 0 Å². The maximum Gasteiger partial charge on any atom is 0.160 e. The SMILES string of the molecule is Cc1ccc2nc(CCl)n(Cc3cnc(C)s3)c2n1. The Morgan fingerprint density at radius 1 is 1.26 bits per heavy atom. The number of thiazole rings is 1. The van der Waals surface area contributed by atoms with Crippen LogP contribution in [0.5, 0.6) is 0 Å². The Labute approximate surface area is 120 Å². The van der Waals surface area contributed by atoms with Gasteiger partial charge in [-0.1, -0.05) is 0 Å². The maximum absolute atomic E-state index is 5.99. The van der Waals surface area contributed by atoms with Crippen LogP contribution >= 0.6 is 22.9 Å². The lowest BCUT2D eigenvalue weighted by molar-refractivity contribution is 0.778. The van der Waals surface area contributed by atoms with E-state index in [1.165, 1.54) is 4.88 Å². The van der Waals surface area contributed by atoms with Gasteiger partial charge in [0.1, 0.15) is 11.3 Å². The van der Waals surface area contributed by atoms with E-state index in [1.807, 2.05) is 32.2 Å². The van der Waals surface area contributed by atoms with Gasteiger partial charge in [-0.15, -0.1) is 22.9 Å². The molecule has 0 unspecified atom stereocenters. The maximum atomic E-state index is 5.99. The van der Waals surface area contributed by atoms with Crippen molar-refractivity contribution >= 4 is 34.1 Å². The molecule has 0 saturated heterocycles. The summed E-state index contributed by atoms with van der Waals surface area (Å²) in [7, 11) is 0. The molecule has 0 saturated carbocycles. The number of hydrogen-bond acceptors (Lipinski definition) is 4. The first-order valence-electron chi connectivity index (χ1n) is 5.97. The van der Waals surface area contributed by atoms with Crippen LogP contribution in [0.3, 0.4) is 0 Å². The molecule has 4 nitrogen and oxygen atoms in total. The molecule has 3 aromatic heterocycles. The zero-order valence-electron chi connectivity index (χ0n) is 10.7. The van der Waals surface area contributed by atoms with Gasteiger partial charge in [0, 0.05) is 16.8 Å². The Morgan fingerprint density at radius 2 is 2.11 bits per heavy atom. The topological polar surface area (TPSA) is 43.6 Å². The normalized spacial score (nSPS) is 11.3. The number of fused-ring (bicyclic) bond motifs is 1. The molecule has 0 radical (unpaired) electrons. The smallest absolute Gasteiger partial charge is 0.160 e. The average molecular weight is 293 g/mol. The molecule has 6 heteroatoms. The van der Waals surface area contributed by atoms with Gasteiger partial charge in [-0.3, -0.25) is 0 Å². The monoisotopic (exact) mass is 292 g/mol. The fourth-order valence-electron chi connectivity index (χ4n) is 2.05. The molecule has 98 valence electrons. The number of aromatic nitrogens is 4. The zero-order chi connectivity index (χ0) is 13.4. The van der Waals surface area contributed by atoms with Crippen LogP contribution in [-0.4, -0.2) is 19.5 Å². The summed E-state index contributed by atoms with van der Waals surface area (Å²) in [5.74, 6) is 1.23. The largest absolute Gasteiger partial charge is 0.306 e. The van der Waals surface area contributed by atoms with E-state index in [0.29, 0.717) is 5.88 Å². The number of hydrogen-bond donors (Lipinski definition) is 0. The van der Waals surface area contributed by atoms with Gasteiger partial charge in [-0.05, 0) is 26.0 Å². The van der Waals surface area contributed by atoms with Gasteiger partial charge in [0.25, 0.3) is 0 Å². The van der Waals surface area contributed by atoms with E-state index in [9.17, 15) is 0 Å². The molecule has 0 fully saturated rings. The molecule has 0 amide bonds. The molecule has 0 aliphatic heterocycles. The van der Waals surface area contributed by atoms with Crippen molar-refractivity contribution in [3.05, 3.63) is 39.7 Å². The van der Waals surface area contributed by atoms with Crippen LogP contribution in [0.2, 0.25) is 0 Å². The highest BCUT2D eigenvalue weighted by Crippen LogP contribution is 2.20. The van der Waals surface area contributed by atoms with E-state index in [-0.39, 0.29) is 0 Å². The molecule has 0 aliphatic rings. The van der Waals surface area contributed by atoms with E-state index in [1.54, 1.807) is 11.3 Å². The summed E-state index contributed by atoms with van der Waals surface area (Å²) in [5.41, 5.74) is 2.76. The fourth-order valence-corrected chi connectivity index (χ4v) is 3.03. The highest BCUT2D eigenvalue weighted by molar-refractivity contribution is 7.11. The first-order valence-corrected chi connectivity index (χ1v) is 7.32. The van der Waals surface area contributed by atoms with E-state index >= 15 is 0 Å². The lowest BCUT2D eigenvalue weighted by atomic mass is 10.3. The summed E-state index contributed by atoms with van der Waals surface area (Å²) < 4.78 is 2.07. The Morgan fingerprint density at radius 3 is 2.79 bits per heavy atom. The second kappa shape index (κ2) is 4.90. The molecular formula is C13H13ClN4S. The van der Waals surface area contributed by atoms with Crippen molar-refractivity contribution in [3.8, 4) is 0 Å². The predicted molar refractivity (Wildman–Crippen MR) is 77.8 cm³/mol. The first kappa shape index (κ1) is 12.6. The molecule has 19 heavy (non-hydrogen) atoms. The first-order chi connectivity index (χ1) is 9.17. The van der Waals surface area contributed by atoms with Crippen molar-refractivity contribution in [2.24, 2.45) is 0 Å². The molecule has 0 aliphatic carbocycles. The predicted octanol–water partition coefficient (Wildman–Crippen LogP) is 3.29. The number of rotatable bonds is 3. The van der Waals surface area contributed by atoms with Crippen molar-refractivity contribution in [2.75, 3.05) is 0 Å². The van der Waals surface area contributed by atoms with Crippen molar-refractivity contribution in [1.82, 2.24) is 19.5 Å². The second-order valence-electron chi connectivity index (χ2n) is 4.39. The van der Waals surface area contributed by atoms with Crippen LogP contribution in [0, 0.1) is 13.8 Å². The van der Waals surface area contributed by atoms with Crippen LogP contribution in [0.15, 0.2) is 18.3 Å². The fraction of sp³-hybridized carbons (Fsp3) is 0.308. The van der Waals surface area contributed by atoms with Crippen molar-refractivity contribution < 1.29 is 0 Å². The van der Waals surface area contributed by atoms with E-state index in [4.69, 9.17) is 11.6 Å². The summed E-state index contributed by atoms with van der Waals surface area (Å²) in [6, 6.07) is 3.96. The van der Waals surface area contributed by atoms with Gasteiger partial charge < -0.3 is 4.57 Å². The minimum absolute atomic E-state index is 0.382. The van der Waals surface area contributed by atoms with Crippen LogP contribution in [0.1, 0.15) is 21.4 Å². The van der Waals surface area contributed by atoms with Crippen LogP contribution in [-0.2, 0) is 12.4 Å². The van der Waals surface area contributed by atoms with Gasteiger partial charge in [-0.25, -0.2) is 15.0 Å². The molecule has 0 bridgehead atoms. The summed E-state index contributed by atoms with van der Waals surface area (Å²) >= 11 is 7.68. The third-order valence-corrected chi connectivity index (χ3v) is 4.05. The molecule has 0 spiro atoms. The molecule has 3 heterocycles. The highest BCUT2D eigenvalue weighted by atomic mass is 35.5. The Hall–Kier alpha value is -1.46. The van der Waals surface area contributed by atoms with Gasteiger partial charge in [-0.2, -0.15) is 0 Å². The number of pyridine rings is 1. The second-order valence-corrected chi connectivity index (χ2v) is 5.98. The number of aryl methyl sites for hydroxylation is 2. The number of imidazole rings is 1. The van der Waals surface area contributed by atoms with E-state index in [2.05, 4.69) is 19.5 Å². The van der Waals surface area contributed by atoms with Crippen LogP contribution in [0.4, 0.5) is 0 Å². The minimum atomic E-state index is 0.382. The summed E-state index contributed by atoms with van der Waals surface area (Å²) in [4.78, 5) is 14.6. The third kappa shape index (κ3) is 2.35. The molecule has 0 aromatic carbocycles. The molecule has 3 rings (SSSR count). The van der Waals surface area contributed by atoms with E-state index < -0.39 is 0 Å². The van der Waals surface area contributed by atoms with Gasteiger partial charge >= 0.3 is 0 Å². The van der Waals surface area contributed by atoms with Crippen molar-refractivity contribution in [3.63, 3.8) is 0 Å². The standard InChI is InChI=1S/C13H13ClN4S/c1-8-3-4-11-13(16-8)18(12(5-14)17-11)7-10-6-15-9(2)19-10/h3-4,6H,5,7H2,1-2H3. The molecule has 0 N–H and O–H groups in total. The van der Waals surface area contributed by atoms with E-state index in [0.717, 1.165) is 34.2 Å². The van der Waals surface area contributed by atoms with Crippen molar-refractivity contribution in [2.45, 2.75) is 26.3 Å². The number of nitrogens with zero attached hydrogens (tertiary/aromatic N) is 4. The molecule has 3 aromatic rings. The van der Waals surface area contributed by atoms with Crippen LogP contribution in [0.25, 0.3) is 11.2 Å². The average Bonchev–Trinajstić information content (AvgIpc) is 2.94. The molecule has 0 atom stereocenters. The van der Waals surface area contributed by atoms with Gasteiger partial charge in [0.2, 0.25) is 0 Å². The Bertz CT molecular complexity index is 731. The summed E-state index contributed by atoms with van der Waals surface area (Å²) in [5, 5.41) is 1.07. The van der Waals surface area contributed by atoms with Gasteiger partial charge in [0.15, 0.2) is 5.65 Å².